The molecule has 0 atom stereocenters. The monoisotopic (exact) mass is 390 g/mol. The molecule has 0 saturated heterocycles. The predicted molar refractivity (Wildman–Crippen MR) is 107 cm³/mol. The number of rotatable bonds is 6. The van der Waals surface area contributed by atoms with Gasteiger partial charge in [-0.1, -0.05) is 17.3 Å². The molecular weight excluding hydrogens is 372 g/mol. The van der Waals surface area contributed by atoms with Crippen LogP contribution in [0.1, 0.15) is 21.5 Å². The Kier molecular flexibility index (Phi) is 4.88. The molecule has 146 valence electrons. The minimum Gasteiger partial charge on any atom is -0.478 e. The highest BCUT2D eigenvalue weighted by atomic mass is 16.5. The van der Waals surface area contributed by atoms with Crippen molar-refractivity contribution in [3.63, 3.8) is 0 Å². The Hall–Kier alpha value is -3.85. The van der Waals surface area contributed by atoms with E-state index >= 15 is 0 Å². The molecule has 9 heteroatoms. The highest BCUT2D eigenvalue weighted by molar-refractivity contribution is 5.90. The molecule has 29 heavy (non-hydrogen) atoms. The van der Waals surface area contributed by atoms with Gasteiger partial charge in [-0.2, -0.15) is 9.67 Å². The number of fused-ring (bicyclic) bond motifs is 1. The maximum absolute atomic E-state index is 11.2. The summed E-state index contributed by atoms with van der Waals surface area (Å²) in [5.74, 6) is -0.603. The first-order valence-corrected chi connectivity index (χ1v) is 8.83. The summed E-state index contributed by atoms with van der Waals surface area (Å²) in [6, 6.07) is 12.7. The average Bonchev–Trinajstić information content (AvgIpc) is 3.11. The zero-order valence-corrected chi connectivity index (χ0v) is 15.8. The topological polar surface area (TPSA) is 115 Å². The lowest BCUT2D eigenvalue weighted by molar-refractivity contribution is 0.0696. The van der Waals surface area contributed by atoms with Crippen molar-refractivity contribution >= 4 is 28.8 Å². The second-order valence-corrected chi connectivity index (χ2v) is 6.47. The van der Waals surface area contributed by atoms with E-state index in [9.17, 15) is 4.79 Å². The number of carboxylic acids is 1. The second-order valence-electron chi connectivity index (χ2n) is 6.47. The van der Waals surface area contributed by atoms with E-state index in [0.29, 0.717) is 35.0 Å². The zero-order chi connectivity index (χ0) is 20.4. The van der Waals surface area contributed by atoms with Gasteiger partial charge in [0.05, 0.1) is 24.1 Å². The van der Waals surface area contributed by atoms with Gasteiger partial charge in [0, 0.05) is 12.8 Å². The van der Waals surface area contributed by atoms with Crippen molar-refractivity contribution in [3.8, 4) is 5.69 Å². The Labute approximate surface area is 166 Å². The number of anilines is 2. The Balaban J connectivity index is 1.68. The summed E-state index contributed by atoms with van der Waals surface area (Å²) in [5, 5.41) is 20.6. The van der Waals surface area contributed by atoms with Crippen LogP contribution in [-0.4, -0.2) is 43.1 Å². The van der Waals surface area contributed by atoms with Crippen molar-refractivity contribution in [2.24, 2.45) is 0 Å². The molecule has 0 fully saturated rings. The van der Waals surface area contributed by atoms with Crippen LogP contribution in [0.4, 0.5) is 11.6 Å². The summed E-state index contributed by atoms with van der Waals surface area (Å²) in [6.45, 7) is 2.23. The number of methoxy groups -OCH3 is 1. The number of carboxylic acid groups (broad SMARTS) is 1. The van der Waals surface area contributed by atoms with Gasteiger partial charge in [0.15, 0.2) is 11.2 Å². The van der Waals surface area contributed by atoms with Gasteiger partial charge in [0.1, 0.15) is 0 Å². The van der Waals surface area contributed by atoms with Crippen LogP contribution in [0.2, 0.25) is 0 Å². The van der Waals surface area contributed by atoms with Crippen LogP contribution in [0.15, 0.2) is 48.7 Å². The highest BCUT2D eigenvalue weighted by Crippen LogP contribution is 2.21. The SMILES string of the molecule is COCc1cccc(-n2nnc3cnc(Nc4ccc(C(=O)O)c(C)c4)nc32)c1. The van der Waals surface area contributed by atoms with Crippen molar-refractivity contribution in [1.82, 2.24) is 25.0 Å². The van der Waals surface area contributed by atoms with Gasteiger partial charge in [0.25, 0.3) is 0 Å². The van der Waals surface area contributed by atoms with E-state index in [4.69, 9.17) is 9.84 Å². The van der Waals surface area contributed by atoms with E-state index in [0.717, 1.165) is 11.3 Å². The molecule has 0 radical (unpaired) electrons. The number of ether oxygens (including phenoxy) is 1. The standard InChI is InChI=1S/C20H18N6O3/c1-12-8-14(6-7-16(12)19(27)28)22-20-21-10-17-18(23-20)26(25-24-17)15-5-3-4-13(9-15)11-29-2/h3-10H,11H2,1-2H3,(H,27,28)(H,21,22,23). The molecule has 4 aromatic rings. The van der Waals surface area contributed by atoms with Crippen LogP contribution in [0.3, 0.4) is 0 Å². The van der Waals surface area contributed by atoms with Crippen LogP contribution in [0.5, 0.6) is 0 Å². The fourth-order valence-electron chi connectivity index (χ4n) is 3.02. The maximum Gasteiger partial charge on any atom is 0.335 e. The van der Waals surface area contributed by atoms with Crippen molar-refractivity contribution in [2.45, 2.75) is 13.5 Å². The number of aromatic carboxylic acids is 1. The molecule has 0 spiro atoms. The van der Waals surface area contributed by atoms with Crippen LogP contribution in [-0.2, 0) is 11.3 Å². The molecule has 0 aliphatic heterocycles. The van der Waals surface area contributed by atoms with Gasteiger partial charge in [0.2, 0.25) is 5.95 Å². The molecule has 0 amide bonds. The fraction of sp³-hybridized carbons (Fsp3) is 0.150. The second kappa shape index (κ2) is 7.64. The Morgan fingerprint density at radius 2 is 2.10 bits per heavy atom. The number of nitrogens with one attached hydrogen (secondary N) is 1. The fourth-order valence-corrected chi connectivity index (χ4v) is 3.02. The molecule has 9 nitrogen and oxygen atoms in total. The average molecular weight is 390 g/mol. The van der Waals surface area contributed by atoms with E-state index < -0.39 is 5.97 Å². The number of aryl methyl sites for hydroxylation is 1. The normalized spacial score (nSPS) is 11.0. The van der Waals surface area contributed by atoms with E-state index in [1.165, 1.54) is 0 Å². The van der Waals surface area contributed by atoms with Crippen molar-refractivity contribution < 1.29 is 14.6 Å². The number of hydrogen-bond donors (Lipinski definition) is 2. The first-order valence-electron chi connectivity index (χ1n) is 8.83. The van der Waals surface area contributed by atoms with Gasteiger partial charge >= 0.3 is 5.97 Å². The molecule has 0 unspecified atom stereocenters. The number of benzene rings is 2. The van der Waals surface area contributed by atoms with E-state index in [-0.39, 0.29) is 5.56 Å². The lowest BCUT2D eigenvalue weighted by Gasteiger charge is -2.08. The number of nitrogens with zero attached hydrogens (tertiary/aromatic N) is 5. The summed E-state index contributed by atoms with van der Waals surface area (Å²) in [7, 11) is 1.65. The number of aromatic nitrogens is 5. The molecule has 2 aromatic carbocycles. The Bertz CT molecular complexity index is 1200. The number of carbonyl (C=O) groups is 1. The quantitative estimate of drug-likeness (QED) is 0.516. The molecule has 2 aromatic heterocycles. The molecule has 0 aliphatic rings. The zero-order valence-electron chi connectivity index (χ0n) is 15.8. The predicted octanol–water partition coefficient (Wildman–Crippen LogP) is 3.11. The van der Waals surface area contributed by atoms with Gasteiger partial charge in [-0.15, -0.1) is 5.10 Å². The Morgan fingerprint density at radius 3 is 2.86 bits per heavy atom. The molecular formula is C20H18N6O3. The summed E-state index contributed by atoms with van der Waals surface area (Å²) in [5.41, 5.74) is 4.52. The molecule has 0 bridgehead atoms. The van der Waals surface area contributed by atoms with E-state index in [2.05, 4.69) is 25.6 Å². The minimum atomic E-state index is -0.961. The van der Waals surface area contributed by atoms with Gasteiger partial charge in [-0.25, -0.2) is 9.78 Å². The van der Waals surface area contributed by atoms with Gasteiger partial charge in [-0.3, -0.25) is 0 Å². The molecule has 4 rings (SSSR count). The van der Waals surface area contributed by atoms with Crippen LogP contribution in [0, 0.1) is 6.92 Å². The summed E-state index contributed by atoms with van der Waals surface area (Å²) in [6.07, 6.45) is 1.59. The van der Waals surface area contributed by atoms with Gasteiger partial charge < -0.3 is 15.2 Å². The van der Waals surface area contributed by atoms with Gasteiger partial charge in [-0.05, 0) is 48.4 Å². The smallest absolute Gasteiger partial charge is 0.335 e. The molecule has 0 aliphatic carbocycles. The van der Waals surface area contributed by atoms with Crippen molar-refractivity contribution in [1.29, 1.82) is 0 Å². The summed E-state index contributed by atoms with van der Waals surface area (Å²) >= 11 is 0. The van der Waals surface area contributed by atoms with Crippen molar-refractivity contribution in [3.05, 3.63) is 65.4 Å². The number of hydrogen-bond acceptors (Lipinski definition) is 7. The third kappa shape index (κ3) is 3.76. The third-order valence-corrected chi connectivity index (χ3v) is 4.37. The first kappa shape index (κ1) is 18.5. The lowest BCUT2D eigenvalue weighted by atomic mass is 10.1. The first-order chi connectivity index (χ1) is 14.0. The third-order valence-electron chi connectivity index (χ3n) is 4.37. The Morgan fingerprint density at radius 1 is 1.24 bits per heavy atom. The van der Waals surface area contributed by atoms with E-state index in [1.54, 1.807) is 43.1 Å². The largest absolute Gasteiger partial charge is 0.478 e. The van der Waals surface area contributed by atoms with Crippen LogP contribution < -0.4 is 5.32 Å². The van der Waals surface area contributed by atoms with Crippen LogP contribution >= 0.6 is 0 Å². The molecule has 2 N–H and O–H groups in total. The summed E-state index contributed by atoms with van der Waals surface area (Å²) < 4.78 is 6.83. The van der Waals surface area contributed by atoms with E-state index in [1.807, 2.05) is 24.3 Å². The minimum absolute atomic E-state index is 0.255. The van der Waals surface area contributed by atoms with Crippen LogP contribution in [0.25, 0.3) is 16.9 Å². The lowest BCUT2D eigenvalue weighted by Crippen LogP contribution is -2.03. The molecule has 2 heterocycles. The molecule has 0 saturated carbocycles. The maximum atomic E-state index is 11.2. The van der Waals surface area contributed by atoms with Crippen molar-refractivity contribution in [2.75, 3.05) is 12.4 Å². The summed E-state index contributed by atoms with van der Waals surface area (Å²) in [4.78, 5) is 20.0. The highest BCUT2D eigenvalue weighted by Gasteiger charge is 2.12.